The molecule has 0 aromatic heterocycles. The molecule has 3 heteroatoms. The van der Waals surface area contributed by atoms with E-state index in [9.17, 15) is 4.79 Å². The van der Waals surface area contributed by atoms with Gasteiger partial charge < -0.3 is 5.11 Å². The zero-order valence-corrected chi connectivity index (χ0v) is 11.4. The number of carboxylic acid groups (broad SMARTS) is 1. The van der Waals surface area contributed by atoms with E-state index in [1.165, 1.54) is 25.7 Å². The van der Waals surface area contributed by atoms with Crippen LogP contribution in [0, 0.1) is 11.8 Å². The Balaban J connectivity index is 1.69. The lowest BCUT2D eigenvalue weighted by atomic mass is 10.0. The predicted octanol–water partition coefficient (Wildman–Crippen LogP) is 3.01. The van der Waals surface area contributed by atoms with Crippen LogP contribution in [0.3, 0.4) is 0 Å². The number of benzene rings is 1. The highest BCUT2D eigenvalue weighted by atomic mass is 16.4. The van der Waals surface area contributed by atoms with E-state index in [-0.39, 0.29) is 0 Å². The highest BCUT2D eigenvalue weighted by Crippen LogP contribution is 2.47. The van der Waals surface area contributed by atoms with Gasteiger partial charge in [-0.1, -0.05) is 12.1 Å². The van der Waals surface area contributed by atoms with Crippen molar-refractivity contribution in [1.29, 1.82) is 0 Å². The van der Waals surface area contributed by atoms with E-state index in [4.69, 9.17) is 5.11 Å². The van der Waals surface area contributed by atoms with E-state index in [1.54, 1.807) is 12.1 Å². The quantitative estimate of drug-likeness (QED) is 0.853. The fourth-order valence-electron chi connectivity index (χ4n) is 3.18. The molecule has 0 heterocycles. The zero-order valence-electron chi connectivity index (χ0n) is 11.4. The fraction of sp³-hybridized carbons (Fsp3) is 0.562. The van der Waals surface area contributed by atoms with Crippen LogP contribution in [0.25, 0.3) is 0 Å². The maximum absolute atomic E-state index is 11.0. The molecule has 0 bridgehead atoms. The molecule has 0 spiro atoms. The summed E-state index contributed by atoms with van der Waals surface area (Å²) in [5, 5.41) is 9.04. The minimum Gasteiger partial charge on any atom is -0.478 e. The molecule has 1 aromatic carbocycles. The second kappa shape index (κ2) is 4.97. The van der Waals surface area contributed by atoms with Crippen LogP contribution < -0.4 is 0 Å². The molecule has 1 aromatic rings. The Morgan fingerprint density at radius 3 is 2.47 bits per heavy atom. The van der Waals surface area contributed by atoms with Crippen molar-refractivity contribution in [1.82, 2.24) is 4.90 Å². The summed E-state index contributed by atoms with van der Waals surface area (Å²) in [7, 11) is 2.19. The monoisotopic (exact) mass is 259 g/mol. The van der Waals surface area contributed by atoms with Crippen LogP contribution in [-0.4, -0.2) is 29.1 Å². The molecular weight excluding hydrogens is 238 g/mol. The van der Waals surface area contributed by atoms with Crippen molar-refractivity contribution >= 4 is 5.97 Å². The second-order valence-electron chi connectivity index (χ2n) is 6.09. The number of rotatable bonds is 6. The van der Waals surface area contributed by atoms with Crippen molar-refractivity contribution in [3.8, 4) is 0 Å². The molecule has 3 rings (SSSR count). The summed E-state index contributed by atoms with van der Waals surface area (Å²) in [6.07, 6.45) is 5.50. The highest BCUT2D eigenvalue weighted by molar-refractivity contribution is 5.87. The van der Waals surface area contributed by atoms with Crippen LogP contribution in [-0.2, 0) is 6.54 Å². The summed E-state index contributed by atoms with van der Waals surface area (Å²) >= 11 is 0. The summed E-state index contributed by atoms with van der Waals surface area (Å²) in [6.45, 7) is 0.860. The van der Waals surface area contributed by atoms with E-state index in [2.05, 4.69) is 11.9 Å². The molecular formula is C16H21NO2. The molecule has 2 saturated carbocycles. The number of aromatic carboxylic acids is 1. The SMILES string of the molecule is CN(Cc1cccc(C(=O)O)c1)C(C1CC1)C1CC1. The molecule has 2 aliphatic carbocycles. The van der Waals surface area contributed by atoms with Gasteiger partial charge in [-0.3, -0.25) is 4.90 Å². The van der Waals surface area contributed by atoms with Crippen molar-refractivity contribution in [2.24, 2.45) is 11.8 Å². The second-order valence-corrected chi connectivity index (χ2v) is 6.09. The third-order valence-corrected chi connectivity index (χ3v) is 4.32. The minimum atomic E-state index is -0.842. The molecule has 102 valence electrons. The summed E-state index contributed by atoms with van der Waals surface area (Å²) in [5.41, 5.74) is 1.49. The Labute approximate surface area is 114 Å². The molecule has 2 aliphatic rings. The summed E-state index contributed by atoms with van der Waals surface area (Å²) in [4.78, 5) is 13.4. The lowest BCUT2D eigenvalue weighted by Crippen LogP contribution is -2.34. The lowest BCUT2D eigenvalue weighted by molar-refractivity contribution is 0.0696. The van der Waals surface area contributed by atoms with Gasteiger partial charge in [0.05, 0.1) is 5.56 Å². The number of hydrogen-bond donors (Lipinski definition) is 1. The molecule has 0 atom stereocenters. The van der Waals surface area contributed by atoms with Gasteiger partial charge in [0.1, 0.15) is 0 Å². The van der Waals surface area contributed by atoms with Gasteiger partial charge in [0, 0.05) is 12.6 Å². The van der Waals surface area contributed by atoms with Crippen molar-refractivity contribution in [3.63, 3.8) is 0 Å². The van der Waals surface area contributed by atoms with E-state index in [1.807, 2.05) is 12.1 Å². The van der Waals surface area contributed by atoms with E-state index in [0.717, 1.165) is 23.9 Å². The summed E-state index contributed by atoms with van der Waals surface area (Å²) in [6, 6.07) is 8.05. The molecule has 2 fully saturated rings. The third-order valence-electron chi connectivity index (χ3n) is 4.32. The van der Waals surface area contributed by atoms with Gasteiger partial charge in [-0.2, -0.15) is 0 Å². The van der Waals surface area contributed by atoms with Gasteiger partial charge in [0.15, 0.2) is 0 Å². The first-order chi connectivity index (χ1) is 9.15. The molecule has 0 amide bonds. The third kappa shape index (κ3) is 2.98. The van der Waals surface area contributed by atoms with Crippen LogP contribution >= 0.6 is 0 Å². The number of nitrogens with zero attached hydrogens (tertiary/aromatic N) is 1. The van der Waals surface area contributed by atoms with Gasteiger partial charge in [-0.15, -0.1) is 0 Å². The Morgan fingerprint density at radius 2 is 1.95 bits per heavy atom. The van der Waals surface area contributed by atoms with Crippen LogP contribution in [0.4, 0.5) is 0 Å². The fourth-order valence-corrected chi connectivity index (χ4v) is 3.18. The maximum atomic E-state index is 11.0. The summed E-state index contributed by atoms with van der Waals surface area (Å²) in [5.74, 6) is 0.936. The molecule has 19 heavy (non-hydrogen) atoms. The molecule has 0 unspecified atom stereocenters. The van der Waals surface area contributed by atoms with E-state index >= 15 is 0 Å². The van der Waals surface area contributed by atoms with Crippen molar-refractivity contribution in [2.75, 3.05) is 7.05 Å². The number of hydrogen-bond acceptors (Lipinski definition) is 2. The molecule has 0 saturated heterocycles. The molecule has 0 radical (unpaired) electrons. The summed E-state index contributed by atoms with van der Waals surface area (Å²) < 4.78 is 0. The van der Waals surface area contributed by atoms with Gasteiger partial charge in [-0.05, 0) is 62.3 Å². The van der Waals surface area contributed by atoms with Gasteiger partial charge in [0.2, 0.25) is 0 Å². The topological polar surface area (TPSA) is 40.5 Å². The highest BCUT2D eigenvalue weighted by Gasteiger charge is 2.43. The molecule has 0 aliphatic heterocycles. The van der Waals surface area contributed by atoms with Crippen molar-refractivity contribution in [3.05, 3.63) is 35.4 Å². The van der Waals surface area contributed by atoms with Crippen molar-refractivity contribution in [2.45, 2.75) is 38.3 Å². The van der Waals surface area contributed by atoms with Crippen LogP contribution in [0.1, 0.15) is 41.6 Å². The van der Waals surface area contributed by atoms with Gasteiger partial charge in [-0.25, -0.2) is 4.79 Å². The Morgan fingerprint density at radius 1 is 1.32 bits per heavy atom. The van der Waals surface area contributed by atoms with Crippen molar-refractivity contribution < 1.29 is 9.90 Å². The average Bonchev–Trinajstić information content (AvgIpc) is 3.23. The van der Waals surface area contributed by atoms with Crippen LogP contribution in [0.5, 0.6) is 0 Å². The number of carbonyl (C=O) groups is 1. The first kappa shape index (κ1) is 12.7. The van der Waals surface area contributed by atoms with E-state index in [0.29, 0.717) is 11.6 Å². The minimum absolute atomic E-state index is 0.389. The Kier molecular flexibility index (Phi) is 3.31. The first-order valence-corrected chi connectivity index (χ1v) is 7.17. The zero-order chi connectivity index (χ0) is 13.4. The smallest absolute Gasteiger partial charge is 0.335 e. The normalized spacial score (nSPS) is 19.1. The maximum Gasteiger partial charge on any atom is 0.335 e. The number of carboxylic acids is 1. The Hall–Kier alpha value is -1.35. The van der Waals surface area contributed by atoms with Gasteiger partial charge >= 0.3 is 5.97 Å². The molecule has 3 nitrogen and oxygen atoms in total. The largest absolute Gasteiger partial charge is 0.478 e. The van der Waals surface area contributed by atoms with Gasteiger partial charge in [0.25, 0.3) is 0 Å². The van der Waals surface area contributed by atoms with Crippen LogP contribution in [0.15, 0.2) is 24.3 Å². The predicted molar refractivity (Wildman–Crippen MR) is 74.1 cm³/mol. The standard InChI is InChI=1S/C16H21NO2/c1-17(15(12-5-6-12)13-7-8-13)10-11-3-2-4-14(9-11)16(18)19/h2-4,9,12-13,15H,5-8,10H2,1H3,(H,18,19). The first-order valence-electron chi connectivity index (χ1n) is 7.17. The van der Waals surface area contributed by atoms with Crippen LogP contribution in [0.2, 0.25) is 0 Å². The molecule has 1 N–H and O–H groups in total. The Bertz CT molecular complexity index is 465. The average molecular weight is 259 g/mol. The van der Waals surface area contributed by atoms with E-state index < -0.39 is 5.97 Å². The lowest BCUT2D eigenvalue weighted by Gasteiger charge is -2.28.